The van der Waals surface area contributed by atoms with E-state index in [1.54, 1.807) is 5.01 Å². The number of ether oxygens (including phenoxy) is 1. The van der Waals surface area contributed by atoms with Crippen molar-refractivity contribution >= 4 is 12.0 Å². The van der Waals surface area contributed by atoms with E-state index < -0.39 is 6.29 Å². The van der Waals surface area contributed by atoms with Crippen LogP contribution >= 0.6 is 0 Å². The molecule has 3 heterocycles. The molecule has 1 atom stereocenters. The van der Waals surface area contributed by atoms with E-state index in [-0.39, 0.29) is 34.2 Å². The lowest BCUT2D eigenvalue weighted by Gasteiger charge is -2.57. The zero-order chi connectivity index (χ0) is 39.3. The topological polar surface area (TPSA) is 94.6 Å². The van der Waals surface area contributed by atoms with Gasteiger partial charge in [0, 0.05) is 47.3 Å². The van der Waals surface area contributed by atoms with Gasteiger partial charge < -0.3 is 9.64 Å². The van der Waals surface area contributed by atoms with Crippen molar-refractivity contribution in [1.29, 1.82) is 0 Å². The monoisotopic (exact) mass is 759 g/mol. The maximum atomic E-state index is 7.06. The molecule has 0 aromatic carbocycles. The van der Waals surface area contributed by atoms with Crippen LogP contribution in [0.1, 0.15) is 192 Å². The largest absolute Gasteiger partial charge is 0.464 e. The highest BCUT2D eigenvalue weighted by Gasteiger charge is 2.52. The van der Waals surface area contributed by atoms with Gasteiger partial charge in [-0.3, -0.25) is 14.6 Å². The molecule has 0 aromatic rings. The lowest BCUT2D eigenvalue weighted by Crippen LogP contribution is -2.68. The van der Waals surface area contributed by atoms with Crippen LogP contribution in [0.4, 0.5) is 0 Å². The number of hydroxylamine groups is 4. The highest BCUT2D eigenvalue weighted by atomic mass is 16.7. The molecule has 4 fully saturated rings. The summed E-state index contributed by atoms with van der Waals surface area (Å²) in [7, 11) is 0. The minimum Gasteiger partial charge on any atom is -0.464 e. The summed E-state index contributed by atoms with van der Waals surface area (Å²) in [5.74, 6) is 7.82. The number of guanidine groups is 1. The summed E-state index contributed by atoms with van der Waals surface area (Å²) in [6.45, 7) is 27.8. The third-order valence-corrected chi connectivity index (χ3v) is 12.9. The first-order chi connectivity index (χ1) is 25.5. The van der Waals surface area contributed by atoms with E-state index in [2.05, 4.69) is 89.2 Å². The maximum absolute atomic E-state index is 7.06. The fraction of sp³-hybridized carbons (Fsp3) is 0.953. The quantitative estimate of drug-likeness (QED) is 0.174. The Morgan fingerprint density at radius 3 is 1.54 bits per heavy atom. The van der Waals surface area contributed by atoms with Gasteiger partial charge in [0.15, 0.2) is 0 Å². The molecule has 2 saturated heterocycles. The van der Waals surface area contributed by atoms with Crippen molar-refractivity contribution < 1.29 is 14.4 Å². The Balaban J connectivity index is 1.46. The number of hydrazine groups is 1. The normalized spacial score (nSPS) is 27.6. The summed E-state index contributed by atoms with van der Waals surface area (Å²) in [5, 5.41) is 6.44. The second-order valence-electron chi connectivity index (χ2n) is 19.8. The number of nitrogens with two attached hydrogens (primary N) is 1. The Morgan fingerprint density at radius 1 is 0.648 bits per heavy atom. The summed E-state index contributed by atoms with van der Waals surface area (Å²) < 4.78 is 6.27. The highest BCUT2D eigenvalue weighted by molar-refractivity contribution is 5.94. The Morgan fingerprint density at radius 2 is 1.09 bits per heavy atom. The zero-order valence-electron chi connectivity index (χ0n) is 36.7. The van der Waals surface area contributed by atoms with Crippen molar-refractivity contribution in [2.24, 2.45) is 15.8 Å². The molecule has 1 unspecified atom stereocenters. The molecule has 0 aromatic heterocycles. The molecular formula is C43H82N8O3. The highest BCUT2D eigenvalue weighted by Crippen LogP contribution is 2.44. The summed E-state index contributed by atoms with van der Waals surface area (Å²) in [4.78, 5) is 29.6. The van der Waals surface area contributed by atoms with Crippen LogP contribution in [0.3, 0.4) is 0 Å². The molecule has 2 aliphatic carbocycles. The molecule has 2 saturated carbocycles. The van der Waals surface area contributed by atoms with E-state index in [0.29, 0.717) is 24.8 Å². The molecule has 5 aliphatic rings. The molecule has 11 heteroatoms. The van der Waals surface area contributed by atoms with Crippen LogP contribution < -0.4 is 5.84 Å². The van der Waals surface area contributed by atoms with Gasteiger partial charge in [0.2, 0.25) is 12.2 Å². The van der Waals surface area contributed by atoms with Gasteiger partial charge in [-0.2, -0.15) is 15.1 Å². The van der Waals surface area contributed by atoms with Crippen LogP contribution in [0.5, 0.6) is 0 Å². The van der Waals surface area contributed by atoms with E-state index >= 15 is 0 Å². The molecule has 3 aliphatic heterocycles. The number of aliphatic imine (C=N–C) groups is 2. The van der Waals surface area contributed by atoms with Gasteiger partial charge in [-0.15, -0.1) is 0 Å². The van der Waals surface area contributed by atoms with Gasteiger partial charge in [-0.1, -0.05) is 65.2 Å². The number of unbranched alkanes of at least 4 members (excludes halogenated alkanes) is 2. The van der Waals surface area contributed by atoms with Gasteiger partial charge in [-0.25, -0.2) is 15.8 Å². The molecule has 0 spiro atoms. The minimum atomic E-state index is -0.423. The van der Waals surface area contributed by atoms with Crippen LogP contribution in [0.2, 0.25) is 0 Å². The Labute approximate surface area is 330 Å². The fourth-order valence-corrected chi connectivity index (χ4v) is 10.7. The van der Waals surface area contributed by atoms with Crippen molar-refractivity contribution in [3.05, 3.63) is 0 Å². The number of piperidine rings is 2. The van der Waals surface area contributed by atoms with Crippen LogP contribution in [0.25, 0.3) is 0 Å². The summed E-state index contributed by atoms with van der Waals surface area (Å²) in [5.41, 5.74) is -0.645. The standard InChI is InChI=1S/C43H82N8O3/c1-12-15-27-47(33-29-40(4,5)50(41(6,7)30-33)53-35-23-19-17-20-24-35)37-45-38(49(44)39(46-37)52-14-3)48(28-16-13-2)34-31-42(8,9)51(43(10,11)32-34)54-36-25-21-18-22-26-36/h33-36,38H,12-32,44H2,1-11H3. The first-order valence-electron chi connectivity index (χ1n) is 22.3. The molecule has 0 bridgehead atoms. The fourth-order valence-electron chi connectivity index (χ4n) is 10.7. The van der Waals surface area contributed by atoms with Crippen molar-refractivity contribution in [1.82, 2.24) is 24.9 Å². The molecule has 0 amide bonds. The SMILES string of the molecule is CCCCN(C1=NC(N(CCCC)C2CC(C)(C)N(OC3CCCCC3)C(C)(C)C2)N(N)C(OCC)=N1)C1CC(C)(C)N(OC2CCCCC2)C(C)(C)C1. The molecule has 0 radical (unpaired) electrons. The van der Waals surface area contributed by atoms with E-state index in [0.717, 1.165) is 96.1 Å². The lowest BCUT2D eigenvalue weighted by atomic mass is 9.78. The molecule has 11 nitrogen and oxygen atoms in total. The van der Waals surface area contributed by atoms with Gasteiger partial charge in [0.05, 0.1) is 18.8 Å². The number of amidine groups is 1. The van der Waals surface area contributed by atoms with Crippen LogP contribution in [-0.4, -0.2) is 109 Å². The van der Waals surface area contributed by atoms with Crippen molar-refractivity contribution in [2.75, 3.05) is 19.7 Å². The van der Waals surface area contributed by atoms with E-state index in [1.807, 2.05) is 6.92 Å². The summed E-state index contributed by atoms with van der Waals surface area (Å²) >= 11 is 0. The first kappa shape index (κ1) is 43.6. The van der Waals surface area contributed by atoms with E-state index in [4.69, 9.17) is 30.2 Å². The van der Waals surface area contributed by atoms with Crippen LogP contribution in [-0.2, 0) is 14.4 Å². The average molecular weight is 759 g/mol. The van der Waals surface area contributed by atoms with Gasteiger partial charge in [0.25, 0.3) is 0 Å². The summed E-state index contributed by atoms with van der Waals surface area (Å²) in [6, 6.07) is 0.950. The van der Waals surface area contributed by atoms with Crippen molar-refractivity contribution in [2.45, 2.75) is 244 Å². The maximum Gasteiger partial charge on any atom is 0.313 e. The third-order valence-electron chi connectivity index (χ3n) is 12.9. The summed E-state index contributed by atoms with van der Waals surface area (Å²) in [6.07, 6.45) is 20.7. The van der Waals surface area contributed by atoms with Crippen molar-refractivity contribution in [3.63, 3.8) is 0 Å². The number of hydrogen-bond donors (Lipinski definition) is 1. The molecule has 54 heavy (non-hydrogen) atoms. The van der Waals surface area contributed by atoms with Crippen LogP contribution in [0, 0.1) is 0 Å². The molecular weight excluding hydrogens is 677 g/mol. The predicted octanol–water partition coefficient (Wildman–Crippen LogP) is 8.98. The first-order valence-corrected chi connectivity index (χ1v) is 22.3. The molecule has 312 valence electrons. The minimum absolute atomic E-state index is 0.159. The van der Waals surface area contributed by atoms with Crippen LogP contribution in [0.15, 0.2) is 9.98 Å². The lowest BCUT2D eigenvalue weighted by molar-refractivity contribution is -0.315. The third kappa shape index (κ3) is 10.3. The Kier molecular flexibility index (Phi) is 14.9. The molecule has 5 rings (SSSR count). The Hall–Kier alpha value is -1.50. The second kappa shape index (κ2) is 18.4. The zero-order valence-corrected chi connectivity index (χ0v) is 36.7. The van der Waals surface area contributed by atoms with Gasteiger partial charge in [0.1, 0.15) is 0 Å². The van der Waals surface area contributed by atoms with Crippen molar-refractivity contribution in [3.8, 4) is 0 Å². The predicted molar refractivity (Wildman–Crippen MR) is 221 cm³/mol. The van der Waals surface area contributed by atoms with Gasteiger partial charge in [-0.05, 0) is 127 Å². The number of rotatable bonds is 14. The smallest absolute Gasteiger partial charge is 0.313 e. The van der Waals surface area contributed by atoms with E-state index in [1.165, 1.54) is 38.5 Å². The van der Waals surface area contributed by atoms with E-state index in [9.17, 15) is 0 Å². The Bertz CT molecular complexity index is 1200. The second-order valence-corrected chi connectivity index (χ2v) is 19.8. The average Bonchev–Trinajstić information content (AvgIpc) is 3.10. The van der Waals surface area contributed by atoms with Gasteiger partial charge >= 0.3 is 6.02 Å². The number of nitrogens with zero attached hydrogens (tertiary/aromatic N) is 7. The number of hydrogen-bond acceptors (Lipinski definition) is 11. The molecule has 2 N–H and O–H groups in total.